The maximum atomic E-state index is 6.68. The smallest absolute Gasteiger partial charge is 0.217 e. The first-order valence-corrected chi connectivity index (χ1v) is 12.0. The first kappa shape index (κ1) is 16.5. The van der Waals surface area contributed by atoms with Crippen molar-refractivity contribution < 1.29 is 9.47 Å². The number of aromatic nitrogens is 1. The third-order valence-corrected chi connectivity index (χ3v) is 9.30. The van der Waals surface area contributed by atoms with Crippen LogP contribution in [-0.2, 0) is 0 Å². The summed E-state index contributed by atoms with van der Waals surface area (Å²) < 4.78 is 13.4. The molecule has 8 aliphatic rings. The molecule has 0 unspecified atom stereocenters. The Labute approximate surface area is 168 Å². The van der Waals surface area contributed by atoms with Gasteiger partial charge in [0.15, 0.2) is 0 Å². The Morgan fingerprint density at radius 3 is 1.21 bits per heavy atom. The van der Waals surface area contributed by atoms with Crippen LogP contribution in [0.5, 0.6) is 11.8 Å². The molecule has 0 N–H and O–H groups in total. The van der Waals surface area contributed by atoms with E-state index in [1.165, 1.54) is 77.0 Å². The average molecular weight is 380 g/mol. The summed E-state index contributed by atoms with van der Waals surface area (Å²) in [6.07, 6.45) is 16.2. The van der Waals surface area contributed by atoms with Crippen molar-refractivity contribution in [3.8, 4) is 11.8 Å². The van der Waals surface area contributed by atoms with E-state index in [1.54, 1.807) is 0 Å². The van der Waals surface area contributed by atoms with Gasteiger partial charge in [-0.25, -0.2) is 0 Å². The summed E-state index contributed by atoms with van der Waals surface area (Å²) in [5, 5.41) is 0. The second-order valence-corrected chi connectivity index (χ2v) is 11.7. The fraction of sp³-hybridized carbons (Fsp3) is 0.800. The second-order valence-electron chi connectivity index (χ2n) is 11.7. The minimum atomic E-state index is 0.0705. The Kier molecular flexibility index (Phi) is 3.35. The number of hydrogen-bond donors (Lipinski definition) is 0. The van der Waals surface area contributed by atoms with Crippen molar-refractivity contribution in [1.82, 2.24) is 4.98 Å². The normalized spacial score (nSPS) is 50.1. The molecular weight excluding hydrogens is 346 g/mol. The Morgan fingerprint density at radius 1 is 0.571 bits per heavy atom. The first-order valence-electron chi connectivity index (χ1n) is 12.0. The summed E-state index contributed by atoms with van der Waals surface area (Å²) in [7, 11) is 0. The van der Waals surface area contributed by atoms with E-state index in [1.807, 2.05) is 0 Å². The highest BCUT2D eigenvalue weighted by atomic mass is 16.5. The Balaban J connectivity index is 1.12. The van der Waals surface area contributed by atoms with Crippen LogP contribution in [-0.4, -0.2) is 16.2 Å². The number of rotatable bonds is 4. The number of pyridine rings is 1. The van der Waals surface area contributed by atoms with E-state index in [0.29, 0.717) is 0 Å². The van der Waals surface area contributed by atoms with E-state index in [4.69, 9.17) is 14.5 Å². The molecule has 1 aromatic heterocycles. The Bertz CT molecular complexity index is 655. The number of nitrogens with zero attached hydrogens (tertiary/aromatic N) is 1. The molecule has 28 heavy (non-hydrogen) atoms. The van der Waals surface area contributed by atoms with Crippen LogP contribution in [0.2, 0.25) is 0 Å². The lowest BCUT2D eigenvalue weighted by Crippen LogP contribution is -2.54. The van der Waals surface area contributed by atoms with E-state index in [9.17, 15) is 0 Å². The van der Waals surface area contributed by atoms with Crippen LogP contribution in [0.25, 0.3) is 0 Å². The zero-order valence-corrected chi connectivity index (χ0v) is 16.9. The van der Waals surface area contributed by atoms with Gasteiger partial charge in [-0.05, 0) is 113 Å². The zero-order chi connectivity index (χ0) is 18.3. The van der Waals surface area contributed by atoms with Crippen LogP contribution in [0.15, 0.2) is 18.2 Å². The molecule has 8 aliphatic carbocycles. The lowest BCUT2D eigenvalue weighted by molar-refractivity contribution is -0.114. The highest BCUT2D eigenvalue weighted by Gasteiger charge is 2.54. The van der Waals surface area contributed by atoms with Crippen molar-refractivity contribution in [2.24, 2.45) is 35.5 Å². The van der Waals surface area contributed by atoms with E-state index in [-0.39, 0.29) is 11.2 Å². The van der Waals surface area contributed by atoms with Crippen molar-refractivity contribution in [3.05, 3.63) is 18.2 Å². The van der Waals surface area contributed by atoms with Crippen molar-refractivity contribution in [2.45, 2.75) is 88.3 Å². The summed E-state index contributed by atoms with van der Waals surface area (Å²) >= 11 is 0. The van der Waals surface area contributed by atoms with Gasteiger partial charge in [0.1, 0.15) is 11.2 Å². The van der Waals surface area contributed by atoms with Crippen molar-refractivity contribution in [1.29, 1.82) is 0 Å². The van der Waals surface area contributed by atoms with Gasteiger partial charge in [0.2, 0.25) is 11.8 Å². The average Bonchev–Trinajstić information content (AvgIpc) is 2.58. The molecule has 1 heterocycles. The fourth-order valence-electron chi connectivity index (χ4n) is 9.27. The van der Waals surface area contributed by atoms with Gasteiger partial charge < -0.3 is 9.47 Å². The van der Waals surface area contributed by atoms with Crippen molar-refractivity contribution >= 4 is 0 Å². The summed E-state index contributed by atoms with van der Waals surface area (Å²) in [6, 6.07) is 6.22. The monoisotopic (exact) mass is 379 g/mol. The largest absolute Gasteiger partial charge is 0.471 e. The summed E-state index contributed by atoms with van der Waals surface area (Å²) in [6.45, 7) is 0. The highest BCUT2D eigenvalue weighted by molar-refractivity contribution is 5.23. The molecule has 9 rings (SSSR count). The summed E-state index contributed by atoms with van der Waals surface area (Å²) in [5.74, 6) is 7.02. The van der Waals surface area contributed by atoms with Gasteiger partial charge in [-0.15, -0.1) is 0 Å². The van der Waals surface area contributed by atoms with E-state index < -0.39 is 0 Å². The van der Waals surface area contributed by atoms with Crippen LogP contribution in [0.3, 0.4) is 0 Å². The molecule has 8 saturated carbocycles. The predicted molar refractivity (Wildman–Crippen MR) is 107 cm³/mol. The summed E-state index contributed by atoms with van der Waals surface area (Å²) in [4.78, 5) is 4.88. The van der Waals surface area contributed by atoms with Gasteiger partial charge in [-0.2, -0.15) is 4.98 Å². The second kappa shape index (κ2) is 5.67. The lowest BCUT2D eigenvalue weighted by atomic mass is 9.54. The molecule has 0 atom stereocenters. The van der Waals surface area contributed by atoms with Crippen molar-refractivity contribution in [2.75, 3.05) is 0 Å². The first-order chi connectivity index (χ1) is 13.6. The van der Waals surface area contributed by atoms with Gasteiger partial charge in [0.25, 0.3) is 0 Å². The molecule has 3 nitrogen and oxygen atoms in total. The number of hydrogen-bond acceptors (Lipinski definition) is 3. The molecule has 0 radical (unpaired) electrons. The Hall–Kier alpha value is -1.25. The molecule has 150 valence electrons. The Morgan fingerprint density at radius 2 is 0.893 bits per heavy atom. The molecule has 0 saturated heterocycles. The molecule has 3 heteroatoms. The van der Waals surface area contributed by atoms with Crippen LogP contribution < -0.4 is 9.47 Å². The van der Waals surface area contributed by atoms with Crippen molar-refractivity contribution in [3.63, 3.8) is 0 Å². The van der Waals surface area contributed by atoms with Crippen LogP contribution >= 0.6 is 0 Å². The van der Waals surface area contributed by atoms with E-state index >= 15 is 0 Å². The molecule has 0 amide bonds. The summed E-state index contributed by atoms with van der Waals surface area (Å²) in [5.41, 5.74) is 0.141. The number of ether oxygens (including phenoxy) is 2. The SMILES string of the molecule is c1cc(OC23CC4CC(CC(C4)C2)C3)nc(OC23CC4CC(CC(C4)C2)C3)c1. The third-order valence-electron chi connectivity index (χ3n) is 9.30. The lowest BCUT2D eigenvalue weighted by Gasteiger charge is -2.56. The third kappa shape index (κ3) is 2.64. The minimum absolute atomic E-state index is 0.0705. The predicted octanol–water partition coefficient (Wildman–Crippen LogP) is 5.78. The van der Waals surface area contributed by atoms with Crippen LogP contribution in [0, 0.1) is 35.5 Å². The maximum Gasteiger partial charge on any atom is 0.217 e. The van der Waals surface area contributed by atoms with Gasteiger partial charge in [0, 0.05) is 12.1 Å². The van der Waals surface area contributed by atoms with Crippen LogP contribution in [0.1, 0.15) is 77.0 Å². The van der Waals surface area contributed by atoms with E-state index in [0.717, 1.165) is 47.3 Å². The quantitative estimate of drug-likeness (QED) is 0.665. The van der Waals surface area contributed by atoms with Gasteiger partial charge in [-0.1, -0.05) is 6.07 Å². The molecule has 0 aromatic carbocycles. The fourth-order valence-corrected chi connectivity index (χ4v) is 9.27. The minimum Gasteiger partial charge on any atom is -0.471 e. The topological polar surface area (TPSA) is 31.4 Å². The standard InChI is InChI=1S/C25H33NO2/c1-2-22(27-24-10-16-4-17(11-24)6-18(5-16)12-24)26-23(3-1)28-25-13-19-7-20(14-25)9-21(8-19)15-25/h1-3,16-21H,4-15H2. The van der Waals surface area contributed by atoms with Gasteiger partial charge in [0.05, 0.1) is 0 Å². The van der Waals surface area contributed by atoms with Gasteiger partial charge >= 0.3 is 0 Å². The zero-order valence-electron chi connectivity index (χ0n) is 16.9. The van der Waals surface area contributed by atoms with Crippen LogP contribution in [0.4, 0.5) is 0 Å². The molecule has 1 aromatic rings. The molecule has 0 aliphatic heterocycles. The molecule has 8 fully saturated rings. The van der Waals surface area contributed by atoms with Gasteiger partial charge in [-0.3, -0.25) is 0 Å². The maximum absolute atomic E-state index is 6.68. The molecule has 0 spiro atoms. The molecular formula is C25H33NO2. The highest BCUT2D eigenvalue weighted by Crippen LogP contribution is 2.58. The molecule has 8 bridgehead atoms. The van der Waals surface area contributed by atoms with E-state index in [2.05, 4.69) is 18.2 Å².